The largest absolute Gasteiger partial charge is 0.487 e. The Bertz CT molecular complexity index is 1060. The van der Waals surface area contributed by atoms with Crippen LogP contribution in [0.3, 0.4) is 0 Å². The average Bonchev–Trinajstić information content (AvgIpc) is 2.81. The summed E-state index contributed by atoms with van der Waals surface area (Å²) in [7, 11) is -3.77. The lowest BCUT2D eigenvalue weighted by Crippen LogP contribution is -2.54. The van der Waals surface area contributed by atoms with E-state index in [1.54, 1.807) is 35.2 Å². The summed E-state index contributed by atoms with van der Waals surface area (Å²) in [5.74, 6) is -1.63. The van der Waals surface area contributed by atoms with Crippen LogP contribution in [-0.4, -0.2) is 55.3 Å². The van der Waals surface area contributed by atoms with E-state index in [4.69, 9.17) is 4.74 Å². The Morgan fingerprint density at radius 3 is 2.34 bits per heavy atom. The highest BCUT2D eigenvalue weighted by Gasteiger charge is 2.40. The number of piperidine rings is 2. The maximum absolute atomic E-state index is 13.9. The molecule has 0 N–H and O–H groups in total. The quantitative estimate of drug-likeness (QED) is 0.679. The van der Waals surface area contributed by atoms with Crippen molar-refractivity contribution in [2.24, 2.45) is 0 Å². The molecule has 1 unspecified atom stereocenters. The van der Waals surface area contributed by atoms with E-state index in [0.717, 1.165) is 25.0 Å². The van der Waals surface area contributed by atoms with Gasteiger partial charge in [-0.05, 0) is 37.1 Å². The van der Waals surface area contributed by atoms with Crippen molar-refractivity contribution in [1.82, 2.24) is 9.21 Å². The normalized spacial score (nSPS) is 20.8. The Hall–Kier alpha value is -2.52. The van der Waals surface area contributed by atoms with Gasteiger partial charge in [0.25, 0.3) is 0 Å². The molecule has 0 aliphatic carbocycles. The summed E-state index contributed by atoms with van der Waals surface area (Å²) in [5.41, 5.74) is 0. The minimum Gasteiger partial charge on any atom is -0.487 e. The first-order valence-corrected chi connectivity index (χ1v) is 12.3. The number of amides is 1. The van der Waals surface area contributed by atoms with Crippen LogP contribution in [0.15, 0.2) is 53.4 Å². The lowest BCUT2D eigenvalue weighted by molar-refractivity contribution is -0.138. The van der Waals surface area contributed by atoms with E-state index >= 15 is 0 Å². The molecule has 2 heterocycles. The molecule has 2 aliphatic rings. The number of likely N-dealkylation sites (tertiary alicyclic amines) is 1. The maximum Gasteiger partial charge on any atom is 0.243 e. The van der Waals surface area contributed by atoms with E-state index < -0.39 is 27.7 Å². The molecule has 9 heteroatoms. The summed E-state index contributed by atoms with van der Waals surface area (Å²) in [5, 5.41) is 0. The molecule has 2 saturated heterocycles. The molecule has 172 valence electrons. The molecule has 2 aliphatic heterocycles. The van der Waals surface area contributed by atoms with Gasteiger partial charge in [-0.25, -0.2) is 17.2 Å². The van der Waals surface area contributed by atoms with E-state index in [0.29, 0.717) is 38.9 Å². The molecule has 0 spiro atoms. The number of hydrogen-bond acceptors (Lipinski definition) is 4. The fourth-order valence-electron chi connectivity index (χ4n) is 4.32. The molecule has 0 aromatic heterocycles. The predicted molar refractivity (Wildman–Crippen MR) is 115 cm³/mol. The molecule has 2 fully saturated rings. The topological polar surface area (TPSA) is 66.9 Å². The molecule has 2 aromatic carbocycles. The van der Waals surface area contributed by atoms with Crippen LogP contribution < -0.4 is 4.74 Å². The van der Waals surface area contributed by atoms with Crippen molar-refractivity contribution in [2.45, 2.75) is 49.1 Å². The first-order chi connectivity index (χ1) is 15.4. The fourth-order valence-corrected chi connectivity index (χ4v) is 5.99. The highest BCUT2D eigenvalue weighted by molar-refractivity contribution is 7.89. The van der Waals surface area contributed by atoms with Gasteiger partial charge in [-0.1, -0.05) is 24.6 Å². The second-order valence-electron chi connectivity index (χ2n) is 8.16. The monoisotopic (exact) mass is 464 g/mol. The van der Waals surface area contributed by atoms with Crippen molar-refractivity contribution < 1.29 is 26.7 Å². The van der Waals surface area contributed by atoms with Crippen LogP contribution in [-0.2, 0) is 14.8 Å². The number of hydrogen-bond donors (Lipinski definition) is 0. The van der Waals surface area contributed by atoms with Crippen LogP contribution in [0, 0.1) is 11.6 Å². The zero-order valence-electron chi connectivity index (χ0n) is 17.6. The third kappa shape index (κ3) is 4.78. The zero-order chi connectivity index (χ0) is 22.7. The first kappa shape index (κ1) is 22.7. The number of benzene rings is 2. The van der Waals surface area contributed by atoms with Crippen molar-refractivity contribution in [3.05, 3.63) is 60.2 Å². The molecule has 4 rings (SSSR count). The van der Waals surface area contributed by atoms with Crippen LogP contribution in [0.25, 0.3) is 0 Å². The number of sulfonamides is 1. The second kappa shape index (κ2) is 9.54. The highest BCUT2D eigenvalue weighted by Crippen LogP contribution is 2.28. The molecular formula is C23H26F2N2O4S. The van der Waals surface area contributed by atoms with E-state index in [-0.39, 0.29) is 22.7 Å². The second-order valence-corrected chi connectivity index (χ2v) is 10.0. The number of nitrogens with zero attached hydrogens (tertiary/aromatic N) is 2. The van der Waals surface area contributed by atoms with Gasteiger partial charge < -0.3 is 9.64 Å². The Morgan fingerprint density at radius 1 is 0.938 bits per heavy atom. The molecule has 6 nitrogen and oxygen atoms in total. The molecule has 32 heavy (non-hydrogen) atoms. The van der Waals surface area contributed by atoms with E-state index in [1.807, 2.05) is 0 Å². The predicted octanol–water partition coefficient (Wildman–Crippen LogP) is 3.58. The van der Waals surface area contributed by atoms with Gasteiger partial charge in [0.15, 0.2) is 11.6 Å². The first-order valence-electron chi connectivity index (χ1n) is 10.8. The van der Waals surface area contributed by atoms with Crippen LogP contribution in [0.5, 0.6) is 5.75 Å². The third-order valence-corrected chi connectivity index (χ3v) is 7.95. The SMILES string of the molecule is O=C(C1CCCCN1S(=O)(=O)c1ccccc1)N1CCC(Oc2ccc(F)cc2F)CC1. The number of carbonyl (C=O) groups is 1. The summed E-state index contributed by atoms with van der Waals surface area (Å²) in [6.07, 6.45) is 2.67. The van der Waals surface area contributed by atoms with Gasteiger partial charge in [-0.15, -0.1) is 0 Å². The number of halogens is 2. The molecule has 0 saturated carbocycles. The van der Waals surface area contributed by atoms with Crippen molar-refractivity contribution in [3.63, 3.8) is 0 Å². The van der Waals surface area contributed by atoms with Crippen molar-refractivity contribution in [1.29, 1.82) is 0 Å². The van der Waals surface area contributed by atoms with Crippen LogP contribution in [0.1, 0.15) is 32.1 Å². The zero-order valence-corrected chi connectivity index (χ0v) is 18.4. The van der Waals surface area contributed by atoms with Gasteiger partial charge in [-0.3, -0.25) is 4.79 Å². The summed E-state index contributed by atoms with van der Waals surface area (Å²) < 4.78 is 60.3. The minimum atomic E-state index is -3.77. The Kier molecular flexibility index (Phi) is 6.76. The number of carbonyl (C=O) groups excluding carboxylic acids is 1. The lowest BCUT2D eigenvalue weighted by atomic mass is 10.0. The van der Waals surface area contributed by atoms with Crippen LogP contribution >= 0.6 is 0 Å². The standard InChI is InChI=1S/C23H26F2N2O4S/c24-17-9-10-22(20(25)16-17)31-18-11-14-26(15-12-18)23(28)21-8-4-5-13-27(21)32(29,30)19-6-2-1-3-7-19/h1-3,6-7,9-10,16,18,21H,4-5,8,11-15H2. The Morgan fingerprint density at radius 2 is 1.66 bits per heavy atom. The average molecular weight is 465 g/mol. The van der Waals surface area contributed by atoms with Gasteiger partial charge in [0, 0.05) is 38.5 Å². The van der Waals surface area contributed by atoms with Gasteiger partial charge in [0.2, 0.25) is 15.9 Å². The van der Waals surface area contributed by atoms with Crippen LogP contribution in [0.2, 0.25) is 0 Å². The Balaban J connectivity index is 1.41. The Labute approximate surface area is 186 Å². The fraction of sp³-hybridized carbons (Fsp3) is 0.435. The molecule has 1 atom stereocenters. The van der Waals surface area contributed by atoms with E-state index in [2.05, 4.69) is 0 Å². The molecule has 2 aromatic rings. The number of rotatable bonds is 5. The maximum atomic E-state index is 13.9. The summed E-state index contributed by atoms with van der Waals surface area (Å²) in [6.45, 7) is 1.10. The summed E-state index contributed by atoms with van der Waals surface area (Å²) in [6, 6.07) is 10.6. The highest BCUT2D eigenvalue weighted by atomic mass is 32.2. The molecule has 0 radical (unpaired) electrons. The van der Waals surface area contributed by atoms with Crippen molar-refractivity contribution in [2.75, 3.05) is 19.6 Å². The smallest absolute Gasteiger partial charge is 0.243 e. The van der Waals surface area contributed by atoms with Gasteiger partial charge >= 0.3 is 0 Å². The number of ether oxygens (including phenoxy) is 1. The molecule has 1 amide bonds. The molecule has 0 bridgehead atoms. The summed E-state index contributed by atoms with van der Waals surface area (Å²) in [4.78, 5) is 15.1. The van der Waals surface area contributed by atoms with Crippen molar-refractivity contribution in [3.8, 4) is 5.75 Å². The minimum absolute atomic E-state index is 0.0106. The van der Waals surface area contributed by atoms with Gasteiger partial charge in [0.05, 0.1) is 4.90 Å². The van der Waals surface area contributed by atoms with E-state index in [1.165, 1.54) is 10.4 Å². The molecular weight excluding hydrogens is 438 g/mol. The summed E-state index contributed by atoms with van der Waals surface area (Å²) >= 11 is 0. The van der Waals surface area contributed by atoms with Crippen molar-refractivity contribution >= 4 is 15.9 Å². The van der Waals surface area contributed by atoms with Gasteiger partial charge in [-0.2, -0.15) is 4.31 Å². The lowest BCUT2D eigenvalue weighted by Gasteiger charge is -2.39. The van der Waals surface area contributed by atoms with Gasteiger partial charge in [0.1, 0.15) is 18.0 Å². The third-order valence-electron chi connectivity index (χ3n) is 6.03. The van der Waals surface area contributed by atoms with Crippen LogP contribution in [0.4, 0.5) is 8.78 Å². The van der Waals surface area contributed by atoms with E-state index in [9.17, 15) is 22.0 Å².